The molecule has 1 amide bonds. The van der Waals surface area contributed by atoms with Crippen molar-refractivity contribution in [2.45, 2.75) is 11.6 Å². The van der Waals surface area contributed by atoms with E-state index < -0.39 is 75.3 Å². The zero-order valence-electron chi connectivity index (χ0n) is 17.8. The molecule has 33 heavy (non-hydrogen) atoms. The van der Waals surface area contributed by atoms with E-state index in [2.05, 4.69) is 6.58 Å². The third kappa shape index (κ3) is 2.61. The Bertz CT molecular complexity index is 1230. The van der Waals surface area contributed by atoms with Crippen molar-refractivity contribution in [1.82, 2.24) is 4.90 Å². The maximum Gasteiger partial charge on any atom is 0.255 e. The number of aromatic hydroxyl groups is 1. The first-order valence-electron chi connectivity index (χ1n) is 10.0. The number of phenols is 1. The maximum atomic E-state index is 13.4. The Morgan fingerprint density at radius 2 is 1.85 bits per heavy atom. The second-order valence-corrected chi connectivity index (χ2v) is 8.66. The predicted octanol–water partition coefficient (Wildman–Crippen LogP) is 0.0163. The van der Waals surface area contributed by atoms with Crippen molar-refractivity contribution in [3.05, 3.63) is 58.6 Å². The van der Waals surface area contributed by atoms with E-state index >= 15 is 0 Å². The molecule has 3 aliphatic carbocycles. The number of nitrogens with zero attached hydrogens (tertiary/aromatic N) is 1. The molecule has 1 aromatic carbocycles. The fraction of sp³-hybridized carbons (Fsp3) is 0.304. The fourth-order valence-electron chi connectivity index (χ4n) is 5.48. The number of aliphatic hydroxyl groups is 3. The topological polar surface area (TPSA) is 178 Å². The van der Waals surface area contributed by atoms with Gasteiger partial charge in [0.05, 0.1) is 11.6 Å². The summed E-state index contributed by atoms with van der Waals surface area (Å²) in [6.45, 7) is 3.96. The molecule has 0 fully saturated rings. The monoisotopic (exact) mass is 454 g/mol. The van der Waals surface area contributed by atoms with Crippen LogP contribution >= 0.6 is 0 Å². The summed E-state index contributed by atoms with van der Waals surface area (Å²) in [5, 5.41) is 43.9. The van der Waals surface area contributed by atoms with E-state index in [1.807, 2.05) is 0 Å². The molecule has 0 heterocycles. The molecule has 0 aromatic heterocycles. The van der Waals surface area contributed by atoms with Gasteiger partial charge in [0.1, 0.15) is 29.1 Å². The van der Waals surface area contributed by atoms with Crippen molar-refractivity contribution >= 4 is 29.3 Å². The van der Waals surface area contributed by atoms with Gasteiger partial charge < -0.3 is 31.0 Å². The number of hydrogen-bond acceptors (Lipinski definition) is 9. The fourth-order valence-corrected chi connectivity index (χ4v) is 5.48. The van der Waals surface area contributed by atoms with Gasteiger partial charge in [-0.3, -0.25) is 19.3 Å². The number of fused-ring (bicyclic) bond motifs is 3. The lowest BCUT2D eigenvalue weighted by atomic mass is 9.53. The maximum absolute atomic E-state index is 13.4. The van der Waals surface area contributed by atoms with Gasteiger partial charge in [-0.25, -0.2) is 0 Å². The molecule has 3 aliphatic rings. The second kappa shape index (κ2) is 7.12. The minimum atomic E-state index is -2.92. The molecule has 0 radical (unpaired) electrons. The number of likely N-dealkylation sites (N-methyl/N-ethyl adjacent to an activating group) is 1. The molecule has 5 atom stereocenters. The standard InChI is InChI=1S/C23H22N2O8/c1-8-9-5-4-6-11(27)13(9)18(28)14-12(8)10(7-26)16-17(25(2)3)19(29)15(22(24)32)21(31)23(16,33)20(14)30/h4-7,10,12,16-17,27,29-30,33H,1H2,2-3H3,(H2,24,32)/t10-,12-,16-,17-,23-/m0/s1. The lowest BCUT2D eigenvalue weighted by Gasteiger charge is -2.53. The van der Waals surface area contributed by atoms with Gasteiger partial charge >= 0.3 is 0 Å². The van der Waals surface area contributed by atoms with E-state index in [0.29, 0.717) is 6.29 Å². The summed E-state index contributed by atoms with van der Waals surface area (Å²) in [4.78, 5) is 52.4. The molecular weight excluding hydrogens is 432 g/mol. The normalized spacial score (nSPS) is 31.3. The molecular formula is C23H22N2O8. The Hall–Kier alpha value is -3.76. The molecule has 0 aliphatic heterocycles. The van der Waals surface area contributed by atoms with Gasteiger partial charge in [0, 0.05) is 23.3 Å². The Kier molecular flexibility index (Phi) is 4.84. The van der Waals surface area contributed by atoms with Crippen LogP contribution in [0.4, 0.5) is 0 Å². The van der Waals surface area contributed by atoms with Gasteiger partial charge in [-0.2, -0.15) is 0 Å². The first-order valence-corrected chi connectivity index (χ1v) is 10.0. The first kappa shape index (κ1) is 22.4. The van der Waals surface area contributed by atoms with E-state index in [4.69, 9.17) is 5.73 Å². The van der Waals surface area contributed by atoms with Gasteiger partial charge in [-0.05, 0) is 31.3 Å². The smallest absolute Gasteiger partial charge is 0.255 e. The van der Waals surface area contributed by atoms with Gasteiger partial charge in [0.2, 0.25) is 5.78 Å². The third-order valence-electron chi connectivity index (χ3n) is 6.85. The highest BCUT2D eigenvalue weighted by atomic mass is 16.3. The number of aliphatic hydroxyl groups excluding tert-OH is 2. The lowest BCUT2D eigenvalue weighted by molar-refractivity contribution is -0.154. The van der Waals surface area contributed by atoms with Gasteiger partial charge in [-0.15, -0.1) is 0 Å². The van der Waals surface area contributed by atoms with Crippen LogP contribution in [0.2, 0.25) is 0 Å². The van der Waals surface area contributed by atoms with E-state index in [0.717, 1.165) is 0 Å². The second-order valence-electron chi connectivity index (χ2n) is 8.66. The number of nitrogens with two attached hydrogens (primary N) is 1. The van der Waals surface area contributed by atoms with E-state index in [1.54, 1.807) is 0 Å². The van der Waals surface area contributed by atoms with E-state index in [1.165, 1.54) is 37.2 Å². The number of Topliss-reactive ketones (excluding diaryl/α,β-unsaturated/α-hetero) is 2. The zero-order valence-corrected chi connectivity index (χ0v) is 17.8. The quantitative estimate of drug-likeness (QED) is 0.311. The number of rotatable bonds is 3. The van der Waals surface area contributed by atoms with Crippen LogP contribution in [0, 0.1) is 17.8 Å². The largest absolute Gasteiger partial charge is 0.510 e. The summed E-state index contributed by atoms with van der Waals surface area (Å²) in [6.07, 6.45) is 0.422. The number of phenolic OH excluding ortho intramolecular Hbond substituents is 1. The summed E-state index contributed by atoms with van der Waals surface area (Å²) < 4.78 is 0. The average Bonchev–Trinajstić information content (AvgIpc) is 2.73. The van der Waals surface area contributed by atoms with Gasteiger partial charge in [0.25, 0.3) is 5.91 Å². The summed E-state index contributed by atoms with van der Waals surface area (Å²) >= 11 is 0. The minimum Gasteiger partial charge on any atom is -0.510 e. The predicted molar refractivity (Wildman–Crippen MR) is 114 cm³/mol. The van der Waals surface area contributed by atoms with Crippen molar-refractivity contribution in [2.75, 3.05) is 14.1 Å². The van der Waals surface area contributed by atoms with Crippen molar-refractivity contribution < 1.29 is 39.6 Å². The number of carbonyl (C=O) groups is 4. The molecule has 10 nitrogen and oxygen atoms in total. The molecule has 4 rings (SSSR count). The number of primary amides is 1. The van der Waals surface area contributed by atoms with Crippen LogP contribution in [0.25, 0.3) is 5.57 Å². The van der Waals surface area contributed by atoms with Gasteiger partial charge in [-0.1, -0.05) is 18.7 Å². The number of allylic oxidation sites excluding steroid dienone is 2. The van der Waals surface area contributed by atoms with Crippen LogP contribution in [0.1, 0.15) is 15.9 Å². The molecule has 0 bridgehead atoms. The van der Waals surface area contributed by atoms with Crippen LogP contribution in [-0.2, 0) is 14.4 Å². The number of carbonyl (C=O) groups excluding carboxylic acids is 4. The highest BCUT2D eigenvalue weighted by molar-refractivity contribution is 6.25. The lowest BCUT2D eigenvalue weighted by Crippen LogP contribution is -2.66. The van der Waals surface area contributed by atoms with Crippen LogP contribution in [0.3, 0.4) is 0 Å². The number of aldehydes is 1. The number of ketones is 2. The average molecular weight is 454 g/mol. The molecule has 0 saturated heterocycles. The molecule has 6 N–H and O–H groups in total. The van der Waals surface area contributed by atoms with Crippen molar-refractivity contribution in [1.29, 1.82) is 0 Å². The van der Waals surface area contributed by atoms with E-state index in [9.17, 15) is 39.6 Å². The minimum absolute atomic E-state index is 0.201. The number of benzene rings is 1. The van der Waals surface area contributed by atoms with Crippen LogP contribution in [-0.4, -0.2) is 74.8 Å². The highest BCUT2D eigenvalue weighted by Gasteiger charge is 2.67. The molecule has 10 heteroatoms. The molecule has 1 aromatic rings. The highest BCUT2D eigenvalue weighted by Crippen LogP contribution is 2.56. The number of hydrogen-bond donors (Lipinski definition) is 5. The number of amides is 1. The summed E-state index contributed by atoms with van der Waals surface area (Å²) in [6, 6.07) is 2.96. The zero-order chi connectivity index (χ0) is 24.6. The van der Waals surface area contributed by atoms with E-state index in [-0.39, 0.29) is 16.7 Å². The molecule has 0 saturated carbocycles. The molecule has 0 spiro atoms. The van der Waals surface area contributed by atoms with Crippen LogP contribution in [0.15, 0.2) is 47.4 Å². The Morgan fingerprint density at radius 3 is 2.39 bits per heavy atom. The molecule has 172 valence electrons. The summed E-state index contributed by atoms with van der Waals surface area (Å²) in [5.41, 5.74) is 1.19. The Labute approximate surface area is 187 Å². The van der Waals surface area contributed by atoms with Crippen molar-refractivity contribution in [3.8, 4) is 5.75 Å². The Morgan fingerprint density at radius 1 is 1.21 bits per heavy atom. The third-order valence-corrected chi connectivity index (χ3v) is 6.85. The first-order chi connectivity index (χ1) is 15.4. The Balaban J connectivity index is 2.11. The van der Waals surface area contributed by atoms with Crippen LogP contribution < -0.4 is 5.73 Å². The van der Waals surface area contributed by atoms with Gasteiger partial charge in [0.15, 0.2) is 11.4 Å². The van der Waals surface area contributed by atoms with Crippen molar-refractivity contribution in [2.24, 2.45) is 23.5 Å². The molecule has 0 unspecified atom stereocenters. The van der Waals surface area contributed by atoms with Crippen molar-refractivity contribution in [3.63, 3.8) is 0 Å². The summed E-state index contributed by atoms with van der Waals surface area (Å²) in [7, 11) is 2.95. The SMILES string of the molecule is C=C1c2cccc(O)c2C(=O)C2=C(O)[C@]3(O)C(=O)C(C(N)=O)=C(O)[C@@H](N(C)C)[C@@H]3[C@@H](C=O)[C@H]12. The van der Waals surface area contributed by atoms with Crippen LogP contribution in [0.5, 0.6) is 5.75 Å². The summed E-state index contributed by atoms with van der Waals surface area (Å²) in [5.74, 6) is -9.87.